The van der Waals surface area contributed by atoms with Gasteiger partial charge in [0, 0.05) is 28.2 Å². The van der Waals surface area contributed by atoms with Crippen LogP contribution in [0, 0.1) is 5.92 Å². The zero-order valence-electron chi connectivity index (χ0n) is 16.8. The van der Waals surface area contributed by atoms with Gasteiger partial charge < -0.3 is 5.32 Å². The van der Waals surface area contributed by atoms with Gasteiger partial charge in [-0.05, 0) is 54.6 Å². The molecule has 156 valence electrons. The number of halogens is 1. The molecule has 1 spiro atoms. The Morgan fingerprint density at radius 2 is 1.90 bits per heavy atom. The number of amides is 1. The molecule has 1 unspecified atom stereocenters. The summed E-state index contributed by atoms with van der Waals surface area (Å²) >= 11 is 7.63. The Hall–Kier alpha value is -2.47. The highest BCUT2D eigenvalue weighted by atomic mass is 35.5. The van der Waals surface area contributed by atoms with Gasteiger partial charge in [-0.2, -0.15) is 0 Å². The zero-order valence-corrected chi connectivity index (χ0v) is 18.3. The predicted octanol–water partition coefficient (Wildman–Crippen LogP) is 5.31. The molecule has 3 aliphatic heterocycles. The molecule has 6 rings (SSSR count). The standard InChI is InChI=1S/C25H21ClN2O2S/c26-16-11-9-15(10-12-16)21-19-7-3-13-28(19)25(22(21)23(29)20-8-4-14-31-20)17-5-1-2-6-18(17)27-24(25)30/h1-2,4-6,8-12,14,19,21-22H,3,7,13H2,(H,27,30)/t19?,21-,22-,25+/m1/s1. The Balaban J connectivity index is 1.62. The summed E-state index contributed by atoms with van der Waals surface area (Å²) in [5.74, 6) is -0.601. The fourth-order valence-corrected chi connectivity index (χ4v) is 6.98. The van der Waals surface area contributed by atoms with Crippen molar-refractivity contribution in [3.8, 4) is 0 Å². The summed E-state index contributed by atoms with van der Waals surface area (Å²) in [5.41, 5.74) is 1.84. The first kappa shape index (κ1) is 19.2. The molecular formula is C25H21ClN2O2S. The van der Waals surface area contributed by atoms with E-state index in [2.05, 4.69) is 10.2 Å². The second-order valence-electron chi connectivity index (χ2n) is 8.57. The van der Waals surface area contributed by atoms with E-state index in [4.69, 9.17) is 11.6 Å². The molecule has 4 atom stereocenters. The number of benzene rings is 2. The normalized spacial score (nSPS) is 29.2. The smallest absolute Gasteiger partial charge is 0.250 e. The number of hydrogen-bond donors (Lipinski definition) is 1. The van der Waals surface area contributed by atoms with Crippen LogP contribution in [-0.2, 0) is 10.3 Å². The van der Waals surface area contributed by atoms with Crippen molar-refractivity contribution in [2.45, 2.75) is 30.3 Å². The molecule has 2 saturated heterocycles. The molecule has 0 bridgehead atoms. The fraction of sp³-hybridized carbons (Fsp3) is 0.280. The van der Waals surface area contributed by atoms with Gasteiger partial charge in [-0.15, -0.1) is 11.3 Å². The topological polar surface area (TPSA) is 49.4 Å². The van der Waals surface area contributed by atoms with E-state index < -0.39 is 11.5 Å². The molecule has 0 radical (unpaired) electrons. The fourth-order valence-electron chi connectivity index (χ4n) is 6.15. The molecule has 2 fully saturated rings. The lowest BCUT2D eigenvalue weighted by atomic mass is 9.69. The minimum atomic E-state index is -0.983. The molecule has 0 aliphatic carbocycles. The first-order valence-electron chi connectivity index (χ1n) is 10.6. The maximum Gasteiger partial charge on any atom is 0.250 e. The van der Waals surface area contributed by atoms with Gasteiger partial charge in [0.2, 0.25) is 5.91 Å². The SMILES string of the molecule is O=C(c1cccs1)[C@H]1[C@H](c2ccc(Cl)cc2)C2CCCN2[C@]12C(=O)Nc1ccccc12. The van der Waals surface area contributed by atoms with Gasteiger partial charge in [-0.1, -0.05) is 48.0 Å². The Kier molecular flexibility index (Phi) is 4.36. The summed E-state index contributed by atoms with van der Waals surface area (Å²) in [5, 5.41) is 5.70. The highest BCUT2D eigenvalue weighted by Crippen LogP contribution is 2.61. The van der Waals surface area contributed by atoms with Gasteiger partial charge in [-0.25, -0.2) is 0 Å². The molecule has 0 saturated carbocycles. The largest absolute Gasteiger partial charge is 0.324 e. The van der Waals surface area contributed by atoms with Crippen molar-refractivity contribution in [3.63, 3.8) is 0 Å². The summed E-state index contributed by atoms with van der Waals surface area (Å²) in [4.78, 5) is 30.9. The highest BCUT2D eigenvalue weighted by molar-refractivity contribution is 7.12. The molecule has 2 aromatic carbocycles. The second-order valence-corrected chi connectivity index (χ2v) is 9.95. The molecule has 1 N–H and O–H groups in total. The number of Topliss-reactive ketones (excluding diaryl/α,β-unsaturated/α-hetero) is 1. The number of para-hydroxylation sites is 1. The van der Waals surface area contributed by atoms with Gasteiger partial charge in [0.15, 0.2) is 5.78 Å². The van der Waals surface area contributed by atoms with Crippen molar-refractivity contribution in [2.24, 2.45) is 5.92 Å². The number of hydrogen-bond acceptors (Lipinski definition) is 4. The summed E-state index contributed by atoms with van der Waals surface area (Å²) in [7, 11) is 0. The summed E-state index contributed by atoms with van der Waals surface area (Å²) in [6.45, 7) is 0.810. The molecule has 3 aliphatic rings. The molecule has 4 heterocycles. The lowest BCUT2D eigenvalue weighted by Gasteiger charge is -2.36. The van der Waals surface area contributed by atoms with E-state index in [0.29, 0.717) is 9.90 Å². The van der Waals surface area contributed by atoms with E-state index in [1.54, 1.807) is 0 Å². The number of nitrogens with zero attached hydrogens (tertiary/aromatic N) is 1. The average molecular weight is 449 g/mol. The number of ketones is 1. The monoisotopic (exact) mass is 448 g/mol. The van der Waals surface area contributed by atoms with E-state index in [1.165, 1.54) is 11.3 Å². The molecule has 1 aromatic heterocycles. The van der Waals surface area contributed by atoms with Crippen molar-refractivity contribution in [1.82, 2.24) is 4.90 Å². The maximum atomic E-state index is 14.1. The Bertz CT molecular complexity index is 1180. The third-order valence-corrected chi connectivity index (χ3v) is 8.35. The van der Waals surface area contributed by atoms with Crippen LogP contribution in [0.4, 0.5) is 5.69 Å². The average Bonchev–Trinajstić information content (AvgIpc) is 3.54. The van der Waals surface area contributed by atoms with Crippen LogP contribution in [0.5, 0.6) is 0 Å². The summed E-state index contributed by atoms with van der Waals surface area (Å²) < 4.78 is 0. The first-order valence-corrected chi connectivity index (χ1v) is 11.9. The van der Waals surface area contributed by atoms with E-state index in [-0.39, 0.29) is 23.7 Å². The van der Waals surface area contributed by atoms with Crippen LogP contribution < -0.4 is 5.32 Å². The number of thiophene rings is 1. The van der Waals surface area contributed by atoms with Crippen LogP contribution in [0.1, 0.15) is 39.6 Å². The van der Waals surface area contributed by atoms with Crippen molar-refractivity contribution in [1.29, 1.82) is 0 Å². The van der Waals surface area contributed by atoms with E-state index in [1.807, 2.05) is 66.0 Å². The third kappa shape index (κ3) is 2.57. The lowest BCUT2D eigenvalue weighted by Crippen LogP contribution is -2.52. The number of nitrogens with one attached hydrogen (secondary N) is 1. The molecule has 6 heteroatoms. The summed E-state index contributed by atoms with van der Waals surface area (Å²) in [6.07, 6.45) is 1.99. The van der Waals surface area contributed by atoms with Crippen LogP contribution in [0.3, 0.4) is 0 Å². The van der Waals surface area contributed by atoms with Crippen LogP contribution in [-0.4, -0.2) is 29.2 Å². The zero-order chi connectivity index (χ0) is 21.2. The van der Waals surface area contributed by atoms with Crippen LogP contribution >= 0.6 is 22.9 Å². The number of carbonyl (C=O) groups is 2. The van der Waals surface area contributed by atoms with Crippen molar-refractivity contribution >= 4 is 40.3 Å². The van der Waals surface area contributed by atoms with E-state index in [0.717, 1.165) is 36.2 Å². The minimum absolute atomic E-state index is 0.0520. The molecule has 3 aromatic rings. The molecule has 1 amide bonds. The maximum absolute atomic E-state index is 14.1. The Morgan fingerprint density at radius 1 is 1.10 bits per heavy atom. The Morgan fingerprint density at radius 3 is 2.68 bits per heavy atom. The quantitative estimate of drug-likeness (QED) is 0.552. The molecule has 31 heavy (non-hydrogen) atoms. The van der Waals surface area contributed by atoms with Gasteiger partial charge in [-0.3, -0.25) is 14.5 Å². The number of rotatable bonds is 3. The van der Waals surface area contributed by atoms with Gasteiger partial charge >= 0.3 is 0 Å². The van der Waals surface area contributed by atoms with Gasteiger partial charge in [0.05, 0.1) is 10.8 Å². The van der Waals surface area contributed by atoms with Crippen LogP contribution in [0.15, 0.2) is 66.0 Å². The molecule has 4 nitrogen and oxygen atoms in total. The van der Waals surface area contributed by atoms with Crippen LogP contribution in [0.2, 0.25) is 5.02 Å². The van der Waals surface area contributed by atoms with Crippen molar-refractivity contribution < 1.29 is 9.59 Å². The van der Waals surface area contributed by atoms with E-state index >= 15 is 0 Å². The van der Waals surface area contributed by atoms with E-state index in [9.17, 15) is 9.59 Å². The van der Waals surface area contributed by atoms with Gasteiger partial charge in [0.25, 0.3) is 0 Å². The van der Waals surface area contributed by atoms with Crippen LogP contribution in [0.25, 0.3) is 0 Å². The summed E-state index contributed by atoms with van der Waals surface area (Å²) in [6, 6.07) is 19.6. The number of anilines is 1. The minimum Gasteiger partial charge on any atom is -0.324 e. The second kappa shape index (κ2) is 7.02. The number of carbonyl (C=O) groups excluding carboxylic acids is 2. The first-order chi connectivity index (χ1) is 15.1. The highest BCUT2D eigenvalue weighted by Gasteiger charge is 2.69. The third-order valence-electron chi connectivity index (χ3n) is 7.21. The Labute approximate surface area is 189 Å². The van der Waals surface area contributed by atoms with Crippen molar-refractivity contribution in [2.75, 3.05) is 11.9 Å². The van der Waals surface area contributed by atoms with Gasteiger partial charge in [0.1, 0.15) is 5.54 Å². The lowest BCUT2D eigenvalue weighted by molar-refractivity contribution is -0.127. The molecular weight excluding hydrogens is 428 g/mol. The predicted molar refractivity (Wildman–Crippen MR) is 123 cm³/mol. The van der Waals surface area contributed by atoms with Crippen molar-refractivity contribution in [3.05, 3.63) is 87.1 Å². The number of fused-ring (bicyclic) bond motifs is 4.